The molecular formula is C23H27N5O2. The van der Waals surface area contributed by atoms with Gasteiger partial charge in [0.25, 0.3) is 5.91 Å². The molecule has 1 aliphatic rings. The summed E-state index contributed by atoms with van der Waals surface area (Å²) in [6.07, 6.45) is 4.29. The Hall–Kier alpha value is -3.03. The smallest absolute Gasteiger partial charge is 0.254 e. The summed E-state index contributed by atoms with van der Waals surface area (Å²) in [7, 11) is 0. The molecular weight excluding hydrogens is 378 g/mol. The Bertz CT molecular complexity index is 1000. The number of nitrogens with one attached hydrogen (secondary N) is 1. The van der Waals surface area contributed by atoms with Crippen LogP contribution in [0.25, 0.3) is 5.82 Å². The molecule has 0 aliphatic carbocycles. The number of nitrogens with zero attached hydrogens (tertiary/aromatic N) is 4. The van der Waals surface area contributed by atoms with Crippen molar-refractivity contribution >= 4 is 5.91 Å². The standard InChI is InChI=1S/C23H27N5O2/c1-17-21(14-26-28(17)22-8-4-5-11-24-22)23(30)25-12-9-20(29)16-27-13-10-18-6-2-3-7-19(18)15-27/h2-8,11,14,20,29H,9-10,12-13,15-16H2,1H3,(H,25,30). The summed E-state index contributed by atoms with van der Waals surface area (Å²) in [6.45, 7) is 4.69. The molecule has 3 aromatic rings. The number of aliphatic hydroxyl groups excluding tert-OH is 1. The Labute approximate surface area is 176 Å². The highest BCUT2D eigenvalue weighted by Gasteiger charge is 2.19. The van der Waals surface area contributed by atoms with Crippen molar-refractivity contribution in [3.8, 4) is 5.82 Å². The molecule has 0 fully saturated rings. The van der Waals surface area contributed by atoms with Crippen molar-refractivity contribution in [2.24, 2.45) is 0 Å². The number of aromatic nitrogens is 3. The zero-order chi connectivity index (χ0) is 20.9. The maximum Gasteiger partial charge on any atom is 0.254 e. The van der Waals surface area contributed by atoms with Gasteiger partial charge < -0.3 is 10.4 Å². The molecule has 7 heteroatoms. The molecule has 7 nitrogen and oxygen atoms in total. The molecule has 1 aliphatic heterocycles. The summed E-state index contributed by atoms with van der Waals surface area (Å²) in [5, 5.41) is 17.6. The molecule has 30 heavy (non-hydrogen) atoms. The third-order valence-corrected chi connectivity index (χ3v) is 5.56. The number of pyridine rings is 1. The van der Waals surface area contributed by atoms with E-state index in [4.69, 9.17) is 0 Å². The van der Waals surface area contributed by atoms with Crippen molar-refractivity contribution in [1.29, 1.82) is 0 Å². The number of fused-ring (bicyclic) bond motifs is 1. The third-order valence-electron chi connectivity index (χ3n) is 5.56. The number of carbonyl (C=O) groups is 1. The third kappa shape index (κ3) is 4.58. The molecule has 1 amide bonds. The van der Waals surface area contributed by atoms with E-state index in [1.54, 1.807) is 17.1 Å². The van der Waals surface area contributed by atoms with Crippen LogP contribution in [0.1, 0.15) is 33.6 Å². The van der Waals surface area contributed by atoms with E-state index in [1.807, 2.05) is 25.1 Å². The van der Waals surface area contributed by atoms with E-state index in [-0.39, 0.29) is 5.91 Å². The fourth-order valence-electron chi connectivity index (χ4n) is 3.89. The molecule has 0 bridgehead atoms. The van der Waals surface area contributed by atoms with Crippen LogP contribution in [0.4, 0.5) is 0 Å². The van der Waals surface area contributed by atoms with Crippen LogP contribution in [0.3, 0.4) is 0 Å². The molecule has 2 aromatic heterocycles. The van der Waals surface area contributed by atoms with Crippen LogP contribution in [0.15, 0.2) is 54.9 Å². The van der Waals surface area contributed by atoms with Gasteiger partial charge in [-0.1, -0.05) is 30.3 Å². The molecule has 0 saturated heterocycles. The molecule has 1 unspecified atom stereocenters. The normalized spacial score (nSPS) is 14.9. The fraction of sp³-hybridized carbons (Fsp3) is 0.348. The van der Waals surface area contributed by atoms with Gasteiger partial charge >= 0.3 is 0 Å². The molecule has 0 spiro atoms. The first kappa shape index (κ1) is 20.3. The van der Waals surface area contributed by atoms with Crippen LogP contribution in [0.5, 0.6) is 0 Å². The zero-order valence-electron chi connectivity index (χ0n) is 17.2. The van der Waals surface area contributed by atoms with E-state index in [2.05, 4.69) is 44.6 Å². The second-order valence-corrected chi connectivity index (χ2v) is 7.70. The van der Waals surface area contributed by atoms with Crippen molar-refractivity contribution < 1.29 is 9.90 Å². The number of β-amino-alcohol motifs (C(OH)–C–C–N with tert-alkyl or cyclic N) is 1. The van der Waals surface area contributed by atoms with E-state index >= 15 is 0 Å². The first-order chi connectivity index (χ1) is 14.6. The molecule has 1 aromatic carbocycles. The van der Waals surface area contributed by atoms with E-state index in [0.29, 0.717) is 30.9 Å². The summed E-state index contributed by atoms with van der Waals surface area (Å²) >= 11 is 0. The predicted molar refractivity (Wildman–Crippen MR) is 114 cm³/mol. The van der Waals surface area contributed by atoms with Crippen LogP contribution in [0, 0.1) is 6.92 Å². The number of amides is 1. The molecule has 4 rings (SSSR count). The number of hydrogen-bond acceptors (Lipinski definition) is 5. The molecule has 0 radical (unpaired) electrons. The monoisotopic (exact) mass is 405 g/mol. The maximum absolute atomic E-state index is 12.5. The van der Waals surface area contributed by atoms with Crippen LogP contribution < -0.4 is 5.32 Å². The van der Waals surface area contributed by atoms with Gasteiger partial charge in [0.2, 0.25) is 0 Å². The average molecular weight is 406 g/mol. The van der Waals surface area contributed by atoms with Gasteiger partial charge in [0.1, 0.15) is 0 Å². The minimum atomic E-state index is -0.479. The van der Waals surface area contributed by atoms with E-state index in [1.165, 1.54) is 11.1 Å². The summed E-state index contributed by atoms with van der Waals surface area (Å²) < 4.78 is 1.65. The first-order valence-corrected chi connectivity index (χ1v) is 10.3. The van der Waals surface area contributed by atoms with Crippen molar-refractivity contribution in [2.45, 2.75) is 32.4 Å². The topological polar surface area (TPSA) is 83.3 Å². The molecule has 1 atom stereocenters. The lowest BCUT2D eigenvalue weighted by atomic mass is 9.99. The predicted octanol–water partition coefficient (Wildman–Crippen LogP) is 2.11. The van der Waals surface area contributed by atoms with Crippen LogP contribution in [-0.4, -0.2) is 56.4 Å². The summed E-state index contributed by atoms with van der Waals surface area (Å²) in [6, 6.07) is 14.0. The average Bonchev–Trinajstić information content (AvgIpc) is 3.15. The van der Waals surface area contributed by atoms with Crippen molar-refractivity contribution in [3.63, 3.8) is 0 Å². The Morgan fingerprint density at radius 3 is 2.80 bits per heavy atom. The summed E-state index contributed by atoms with van der Waals surface area (Å²) in [5.74, 6) is 0.487. The van der Waals surface area contributed by atoms with Gasteiger partial charge in [-0.25, -0.2) is 9.67 Å². The number of rotatable bonds is 7. The van der Waals surface area contributed by atoms with Crippen molar-refractivity contribution in [3.05, 3.63) is 77.2 Å². The molecule has 2 N–H and O–H groups in total. The lowest BCUT2D eigenvalue weighted by Gasteiger charge is -2.30. The van der Waals surface area contributed by atoms with Gasteiger partial charge in [0.05, 0.1) is 23.6 Å². The van der Waals surface area contributed by atoms with Crippen LogP contribution in [0.2, 0.25) is 0 Å². The van der Waals surface area contributed by atoms with Gasteiger partial charge in [-0.2, -0.15) is 5.10 Å². The Morgan fingerprint density at radius 2 is 2.00 bits per heavy atom. The number of carbonyl (C=O) groups excluding carboxylic acids is 1. The quantitative estimate of drug-likeness (QED) is 0.629. The fourth-order valence-corrected chi connectivity index (χ4v) is 3.89. The number of aliphatic hydroxyl groups is 1. The number of benzene rings is 1. The highest BCUT2D eigenvalue weighted by molar-refractivity contribution is 5.95. The van der Waals surface area contributed by atoms with Gasteiger partial charge in [0, 0.05) is 32.4 Å². The van der Waals surface area contributed by atoms with Crippen LogP contribution >= 0.6 is 0 Å². The molecule has 0 saturated carbocycles. The second kappa shape index (κ2) is 9.19. The van der Waals surface area contributed by atoms with E-state index < -0.39 is 6.10 Å². The SMILES string of the molecule is Cc1c(C(=O)NCCC(O)CN2CCc3ccccc3C2)cnn1-c1ccccn1. The lowest BCUT2D eigenvalue weighted by molar-refractivity contribution is 0.0892. The van der Waals surface area contributed by atoms with E-state index in [9.17, 15) is 9.90 Å². The number of hydrogen-bond donors (Lipinski definition) is 2. The zero-order valence-corrected chi connectivity index (χ0v) is 17.2. The minimum Gasteiger partial charge on any atom is -0.392 e. The largest absolute Gasteiger partial charge is 0.392 e. The first-order valence-electron chi connectivity index (χ1n) is 10.3. The van der Waals surface area contributed by atoms with E-state index in [0.717, 1.165) is 25.2 Å². The van der Waals surface area contributed by atoms with Gasteiger partial charge in [-0.3, -0.25) is 9.69 Å². The van der Waals surface area contributed by atoms with Gasteiger partial charge in [-0.15, -0.1) is 0 Å². The summed E-state index contributed by atoms with van der Waals surface area (Å²) in [5.41, 5.74) is 3.99. The Kier molecular flexibility index (Phi) is 6.21. The van der Waals surface area contributed by atoms with Crippen molar-refractivity contribution in [1.82, 2.24) is 25.0 Å². The summed E-state index contributed by atoms with van der Waals surface area (Å²) in [4.78, 5) is 19.1. The highest BCUT2D eigenvalue weighted by atomic mass is 16.3. The van der Waals surface area contributed by atoms with Crippen molar-refractivity contribution in [2.75, 3.05) is 19.6 Å². The van der Waals surface area contributed by atoms with Crippen LogP contribution in [-0.2, 0) is 13.0 Å². The maximum atomic E-state index is 12.5. The highest BCUT2D eigenvalue weighted by Crippen LogP contribution is 2.18. The molecule has 3 heterocycles. The Morgan fingerprint density at radius 1 is 1.20 bits per heavy atom. The molecule has 156 valence electrons. The van der Waals surface area contributed by atoms with Gasteiger partial charge in [0.15, 0.2) is 5.82 Å². The minimum absolute atomic E-state index is 0.186. The lowest BCUT2D eigenvalue weighted by Crippen LogP contribution is -2.38. The second-order valence-electron chi connectivity index (χ2n) is 7.70. The Balaban J connectivity index is 1.26. The van der Waals surface area contributed by atoms with Gasteiger partial charge in [-0.05, 0) is 43.0 Å².